The zero-order chi connectivity index (χ0) is 14.7. The van der Waals surface area contributed by atoms with Crippen molar-refractivity contribution in [2.75, 3.05) is 18.2 Å². The first-order chi connectivity index (χ1) is 9.56. The van der Waals surface area contributed by atoms with Crippen molar-refractivity contribution in [3.8, 4) is 0 Å². The number of thiophene rings is 1. The number of aryl methyl sites for hydroxylation is 1. The average Bonchev–Trinajstić information content (AvgIpc) is 2.79. The molecule has 0 aromatic carbocycles. The number of pyridine rings is 1. The number of fused-ring (bicyclic) bond motifs is 1. The number of carbonyl (C=O) groups is 1. The zero-order valence-electron chi connectivity index (χ0n) is 11.9. The van der Waals surface area contributed by atoms with Gasteiger partial charge in [-0.15, -0.1) is 11.3 Å². The molecule has 0 aliphatic carbocycles. The van der Waals surface area contributed by atoms with Crippen LogP contribution in [0.1, 0.15) is 25.3 Å². The third-order valence-corrected chi connectivity index (χ3v) is 4.23. The van der Waals surface area contributed by atoms with Crippen molar-refractivity contribution in [1.29, 1.82) is 0 Å². The summed E-state index contributed by atoms with van der Waals surface area (Å²) in [7, 11) is 1.40. The van der Waals surface area contributed by atoms with Crippen LogP contribution in [0.15, 0.2) is 11.4 Å². The van der Waals surface area contributed by atoms with E-state index in [1.807, 2.05) is 19.2 Å². The summed E-state index contributed by atoms with van der Waals surface area (Å²) < 4.78 is 5.86. The highest BCUT2D eigenvalue weighted by molar-refractivity contribution is 7.18. The minimum Gasteiger partial charge on any atom is -0.467 e. The van der Waals surface area contributed by atoms with Crippen LogP contribution in [-0.2, 0) is 9.53 Å². The Labute approximate surface area is 122 Å². The Morgan fingerprint density at radius 3 is 3.00 bits per heavy atom. The maximum absolute atomic E-state index is 11.8. The third-order valence-electron chi connectivity index (χ3n) is 3.11. The molecule has 3 N–H and O–H groups in total. The number of rotatable bonds is 5. The highest BCUT2D eigenvalue weighted by atomic mass is 32.1. The average molecular weight is 293 g/mol. The van der Waals surface area contributed by atoms with Gasteiger partial charge in [0.15, 0.2) is 0 Å². The fraction of sp³-hybridized carbons (Fsp3) is 0.429. The van der Waals surface area contributed by atoms with Gasteiger partial charge in [0.25, 0.3) is 0 Å². The molecule has 2 heterocycles. The van der Waals surface area contributed by atoms with E-state index >= 15 is 0 Å². The van der Waals surface area contributed by atoms with E-state index in [0.717, 1.165) is 27.9 Å². The van der Waals surface area contributed by atoms with Crippen LogP contribution in [0, 0.1) is 6.92 Å². The van der Waals surface area contributed by atoms with Crippen LogP contribution in [0.2, 0.25) is 0 Å². The highest BCUT2D eigenvalue weighted by Crippen LogP contribution is 2.32. The van der Waals surface area contributed by atoms with Gasteiger partial charge in [0, 0.05) is 6.07 Å². The van der Waals surface area contributed by atoms with Crippen molar-refractivity contribution in [2.45, 2.75) is 32.7 Å². The van der Waals surface area contributed by atoms with Gasteiger partial charge in [-0.2, -0.15) is 0 Å². The van der Waals surface area contributed by atoms with Gasteiger partial charge in [0.2, 0.25) is 0 Å². The molecule has 0 aliphatic rings. The van der Waals surface area contributed by atoms with Crippen LogP contribution < -0.4 is 11.1 Å². The maximum atomic E-state index is 11.8. The van der Waals surface area contributed by atoms with Crippen LogP contribution in [0.3, 0.4) is 0 Å². The van der Waals surface area contributed by atoms with Gasteiger partial charge in [-0.1, -0.05) is 13.3 Å². The minimum atomic E-state index is -0.364. The monoisotopic (exact) mass is 293 g/mol. The molecule has 20 heavy (non-hydrogen) atoms. The SMILES string of the molecule is CCC[C@H](Nc1cc(N)nc2c(C)csc12)C(=O)OC. The van der Waals surface area contributed by atoms with E-state index in [0.29, 0.717) is 12.2 Å². The first kappa shape index (κ1) is 14.6. The normalized spacial score (nSPS) is 12.3. The second-order valence-corrected chi connectivity index (χ2v) is 5.58. The van der Waals surface area contributed by atoms with E-state index in [2.05, 4.69) is 10.3 Å². The summed E-state index contributed by atoms with van der Waals surface area (Å²) in [4.78, 5) is 16.2. The number of nitrogens with one attached hydrogen (secondary N) is 1. The van der Waals surface area contributed by atoms with Gasteiger partial charge in [-0.05, 0) is 24.3 Å². The first-order valence-corrected chi connectivity index (χ1v) is 7.43. The van der Waals surface area contributed by atoms with Crippen molar-refractivity contribution in [3.63, 3.8) is 0 Å². The second kappa shape index (κ2) is 6.09. The standard InChI is InChI=1S/C14H19N3O2S/c1-4-5-9(14(18)19-3)16-10-6-11(15)17-12-8(2)7-20-13(10)12/h6-7,9H,4-5H2,1-3H3,(H3,15,16,17)/t9-/m0/s1. The summed E-state index contributed by atoms with van der Waals surface area (Å²) in [6.07, 6.45) is 1.60. The molecule has 2 aromatic rings. The number of ether oxygens (including phenoxy) is 1. The number of carbonyl (C=O) groups excluding carboxylic acids is 1. The molecular weight excluding hydrogens is 274 g/mol. The summed E-state index contributed by atoms with van der Waals surface area (Å²) in [5, 5.41) is 5.28. The zero-order valence-corrected chi connectivity index (χ0v) is 12.7. The quantitative estimate of drug-likeness (QED) is 0.829. The van der Waals surface area contributed by atoms with Gasteiger partial charge in [0.05, 0.1) is 23.0 Å². The molecule has 2 rings (SSSR count). The number of methoxy groups -OCH3 is 1. The van der Waals surface area contributed by atoms with E-state index < -0.39 is 0 Å². The number of aromatic nitrogens is 1. The van der Waals surface area contributed by atoms with E-state index in [1.54, 1.807) is 17.4 Å². The Balaban J connectivity index is 2.38. The Morgan fingerprint density at radius 1 is 1.60 bits per heavy atom. The number of hydrogen-bond acceptors (Lipinski definition) is 6. The van der Waals surface area contributed by atoms with Gasteiger partial charge in [0.1, 0.15) is 11.9 Å². The van der Waals surface area contributed by atoms with Crippen molar-refractivity contribution in [3.05, 3.63) is 17.0 Å². The second-order valence-electron chi connectivity index (χ2n) is 4.70. The molecule has 0 saturated heterocycles. The van der Waals surface area contributed by atoms with Gasteiger partial charge in [-0.3, -0.25) is 0 Å². The van der Waals surface area contributed by atoms with Crippen LogP contribution in [0.4, 0.5) is 11.5 Å². The molecule has 0 unspecified atom stereocenters. The maximum Gasteiger partial charge on any atom is 0.328 e. The fourth-order valence-corrected chi connectivity index (χ4v) is 3.09. The number of nitrogens with two attached hydrogens (primary N) is 1. The molecule has 0 radical (unpaired) electrons. The van der Waals surface area contributed by atoms with E-state index in [1.165, 1.54) is 7.11 Å². The summed E-state index contributed by atoms with van der Waals surface area (Å²) in [6.45, 7) is 4.03. The lowest BCUT2D eigenvalue weighted by molar-refractivity contribution is -0.141. The Bertz CT molecular complexity index is 624. The highest BCUT2D eigenvalue weighted by Gasteiger charge is 2.20. The van der Waals surface area contributed by atoms with Crippen molar-refractivity contribution < 1.29 is 9.53 Å². The Hall–Kier alpha value is -1.82. The lowest BCUT2D eigenvalue weighted by Gasteiger charge is -2.17. The summed E-state index contributed by atoms with van der Waals surface area (Å²) in [5.41, 5.74) is 8.67. The number of anilines is 2. The molecule has 0 aliphatic heterocycles. The van der Waals surface area contributed by atoms with Gasteiger partial charge in [-0.25, -0.2) is 9.78 Å². The lowest BCUT2D eigenvalue weighted by atomic mass is 10.1. The fourth-order valence-electron chi connectivity index (χ4n) is 2.12. The lowest BCUT2D eigenvalue weighted by Crippen LogP contribution is -2.30. The molecule has 2 aromatic heterocycles. The van der Waals surface area contributed by atoms with Crippen LogP contribution in [0.25, 0.3) is 10.2 Å². The topological polar surface area (TPSA) is 77.2 Å². The van der Waals surface area contributed by atoms with Gasteiger partial charge >= 0.3 is 5.97 Å². The number of hydrogen-bond donors (Lipinski definition) is 2. The molecule has 0 fully saturated rings. The molecule has 0 amide bonds. The van der Waals surface area contributed by atoms with E-state index in [9.17, 15) is 4.79 Å². The summed E-state index contributed by atoms with van der Waals surface area (Å²) in [6, 6.07) is 1.40. The molecular formula is C14H19N3O2S. The number of nitrogen functional groups attached to an aromatic ring is 1. The first-order valence-electron chi connectivity index (χ1n) is 6.55. The smallest absolute Gasteiger partial charge is 0.328 e. The largest absolute Gasteiger partial charge is 0.467 e. The summed E-state index contributed by atoms with van der Waals surface area (Å²) in [5.74, 6) is 0.185. The van der Waals surface area contributed by atoms with Crippen molar-refractivity contribution in [1.82, 2.24) is 4.98 Å². The molecule has 5 nitrogen and oxygen atoms in total. The molecule has 0 spiro atoms. The third kappa shape index (κ3) is 2.85. The van der Waals surface area contributed by atoms with Crippen LogP contribution >= 0.6 is 11.3 Å². The molecule has 0 saturated carbocycles. The van der Waals surface area contributed by atoms with Crippen LogP contribution in [0.5, 0.6) is 0 Å². The molecule has 6 heteroatoms. The van der Waals surface area contributed by atoms with Crippen LogP contribution in [-0.4, -0.2) is 24.1 Å². The number of esters is 1. The molecule has 1 atom stereocenters. The number of nitrogens with zero attached hydrogens (tertiary/aromatic N) is 1. The summed E-state index contributed by atoms with van der Waals surface area (Å²) >= 11 is 1.60. The molecule has 108 valence electrons. The Kier molecular flexibility index (Phi) is 4.44. The predicted octanol–water partition coefficient (Wildman–Crippen LogP) is 2.94. The van der Waals surface area contributed by atoms with Crippen molar-refractivity contribution >= 4 is 39.0 Å². The van der Waals surface area contributed by atoms with Crippen molar-refractivity contribution in [2.24, 2.45) is 0 Å². The van der Waals surface area contributed by atoms with E-state index in [4.69, 9.17) is 10.5 Å². The van der Waals surface area contributed by atoms with E-state index in [-0.39, 0.29) is 12.0 Å². The minimum absolute atomic E-state index is 0.260. The van der Waals surface area contributed by atoms with Gasteiger partial charge < -0.3 is 15.8 Å². The Morgan fingerprint density at radius 2 is 2.35 bits per heavy atom. The predicted molar refractivity (Wildman–Crippen MR) is 83.1 cm³/mol. The molecule has 0 bridgehead atoms.